The van der Waals surface area contributed by atoms with Gasteiger partial charge in [0.25, 0.3) is 0 Å². The first-order valence-corrected chi connectivity index (χ1v) is 5.79. The summed E-state index contributed by atoms with van der Waals surface area (Å²) in [6, 6.07) is 0. The zero-order chi connectivity index (χ0) is 17.0. The number of hydrogen-bond acceptors (Lipinski definition) is 3. The molecule has 0 aromatic carbocycles. The first-order chi connectivity index (χ1) is 9.58. The van der Waals surface area contributed by atoms with Gasteiger partial charge in [-0.25, -0.2) is 19.4 Å². The van der Waals surface area contributed by atoms with Gasteiger partial charge >= 0.3 is 0 Å². The molecule has 21 heavy (non-hydrogen) atoms. The third-order valence-corrected chi connectivity index (χ3v) is 1.40. The Bertz CT molecular complexity index is 436. The third-order valence-electron chi connectivity index (χ3n) is 1.40. The predicted molar refractivity (Wildman–Crippen MR) is 85.7 cm³/mol. The zero-order valence-corrected chi connectivity index (χ0v) is 12.4. The topological polar surface area (TPSA) is 187 Å². The SMILES string of the molecule is CC(N)=NC(=N)CC(=N)N=C(C)N.CC(N)=NC(=N)CF. The maximum absolute atomic E-state index is 11.4. The van der Waals surface area contributed by atoms with Gasteiger partial charge in [0.15, 0.2) is 5.84 Å². The van der Waals surface area contributed by atoms with Crippen molar-refractivity contribution < 1.29 is 4.39 Å². The molecule has 0 rings (SSSR count). The van der Waals surface area contributed by atoms with Crippen LogP contribution in [0.3, 0.4) is 0 Å². The number of halogens is 1. The molecular formula is C11H22FN9. The van der Waals surface area contributed by atoms with Crippen molar-refractivity contribution in [2.24, 2.45) is 32.2 Å². The van der Waals surface area contributed by atoms with E-state index in [1.165, 1.54) is 6.92 Å². The van der Waals surface area contributed by atoms with Gasteiger partial charge < -0.3 is 17.2 Å². The average molecular weight is 299 g/mol. The molecule has 0 saturated carbocycles. The summed E-state index contributed by atoms with van der Waals surface area (Å²) >= 11 is 0. The van der Waals surface area contributed by atoms with Gasteiger partial charge in [-0.2, -0.15) is 0 Å². The Kier molecular flexibility index (Phi) is 11.0. The second-order valence-corrected chi connectivity index (χ2v) is 3.91. The lowest BCUT2D eigenvalue weighted by Gasteiger charge is -1.97. The van der Waals surface area contributed by atoms with Gasteiger partial charge in [-0.1, -0.05) is 0 Å². The summed E-state index contributed by atoms with van der Waals surface area (Å²) in [4.78, 5) is 10.6. The fourth-order valence-electron chi connectivity index (χ4n) is 0.906. The van der Waals surface area contributed by atoms with E-state index in [0.717, 1.165) is 0 Å². The Morgan fingerprint density at radius 2 is 1.05 bits per heavy atom. The molecular weight excluding hydrogens is 277 g/mol. The molecule has 0 fully saturated rings. The summed E-state index contributed by atoms with van der Waals surface area (Å²) in [5.41, 5.74) is 15.5. The number of alkyl halides is 1. The first-order valence-electron chi connectivity index (χ1n) is 5.79. The molecule has 0 bridgehead atoms. The highest BCUT2D eigenvalue weighted by atomic mass is 19.1. The number of rotatable bonds is 3. The van der Waals surface area contributed by atoms with Crippen LogP contribution in [0.1, 0.15) is 27.2 Å². The van der Waals surface area contributed by atoms with E-state index in [1.54, 1.807) is 13.8 Å². The van der Waals surface area contributed by atoms with Crippen LogP contribution < -0.4 is 17.2 Å². The van der Waals surface area contributed by atoms with E-state index < -0.39 is 6.67 Å². The second kappa shape index (κ2) is 11.2. The largest absolute Gasteiger partial charge is 0.387 e. The van der Waals surface area contributed by atoms with Crippen LogP contribution in [-0.2, 0) is 0 Å². The van der Waals surface area contributed by atoms with Gasteiger partial charge in [0.05, 0.1) is 23.9 Å². The maximum atomic E-state index is 11.4. The Balaban J connectivity index is 0. The number of nitrogens with two attached hydrogens (primary N) is 3. The Hall–Kier alpha value is -2.65. The number of amidine groups is 6. The van der Waals surface area contributed by atoms with Crippen LogP contribution in [0.4, 0.5) is 4.39 Å². The normalized spacial score (nSPS) is 12.3. The number of nitrogens with one attached hydrogen (secondary N) is 3. The molecule has 9 N–H and O–H groups in total. The maximum Gasteiger partial charge on any atom is 0.154 e. The number of nitrogens with zero attached hydrogens (tertiary/aromatic N) is 3. The summed E-state index contributed by atoms with van der Waals surface area (Å²) in [5.74, 6) is 0.500. The summed E-state index contributed by atoms with van der Waals surface area (Å²) in [6.07, 6.45) is 0.0447. The molecule has 0 aliphatic rings. The fraction of sp³-hybridized carbons (Fsp3) is 0.455. The molecule has 0 aliphatic heterocycles. The summed E-state index contributed by atoms with van der Waals surface area (Å²) in [5, 5.41) is 21.2. The van der Waals surface area contributed by atoms with Crippen molar-refractivity contribution in [3.63, 3.8) is 0 Å². The molecule has 0 atom stereocenters. The van der Waals surface area contributed by atoms with Crippen molar-refractivity contribution in [1.29, 1.82) is 16.2 Å². The summed E-state index contributed by atoms with van der Waals surface area (Å²) in [6.45, 7) is 3.81. The van der Waals surface area contributed by atoms with Crippen molar-refractivity contribution >= 4 is 35.0 Å². The molecule has 9 nitrogen and oxygen atoms in total. The third kappa shape index (κ3) is 17.4. The average Bonchev–Trinajstić information content (AvgIpc) is 2.25. The van der Waals surface area contributed by atoms with E-state index in [9.17, 15) is 4.39 Å². The molecule has 0 amide bonds. The van der Waals surface area contributed by atoms with Gasteiger partial charge in [-0.05, 0) is 20.8 Å². The van der Waals surface area contributed by atoms with E-state index in [4.69, 9.17) is 33.4 Å². The van der Waals surface area contributed by atoms with Crippen molar-refractivity contribution in [3.05, 3.63) is 0 Å². The monoisotopic (exact) mass is 299 g/mol. The summed E-state index contributed by atoms with van der Waals surface area (Å²) < 4.78 is 11.4. The molecule has 0 aromatic rings. The summed E-state index contributed by atoms with van der Waals surface area (Å²) in [7, 11) is 0. The van der Waals surface area contributed by atoms with Gasteiger partial charge in [-0.15, -0.1) is 0 Å². The second-order valence-electron chi connectivity index (χ2n) is 3.91. The van der Waals surface area contributed by atoms with E-state index in [0.29, 0.717) is 11.7 Å². The van der Waals surface area contributed by atoms with Gasteiger partial charge in [0, 0.05) is 0 Å². The zero-order valence-electron chi connectivity index (χ0n) is 12.4. The van der Waals surface area contributed by atoms with Crippen LogP contribution in [0.25, 0.3) is 0 Å². The molecule has 0 aliphatic carbocycles. The Morgan fingerprint density at radius 1 is 0.762 bits per heavy atom. The molecule has 118 valence electrons. The molecule has 10 heteroatoms. The van der Waals surface area contributed by atoms with Gasteiger partial charge in [0.2, 0.25) is 0 Å². The van der Waals surface area contributed by atoms with E-state index in [1.807, 2.05) is 0 Å². The van der Waals surface area contributed by atoms with E-state index in [-0.39, 0.29) is 29.8 Å². The number of hydrogen-bond donors (Lipinski definition) is 6. The minimum atomic E-state index is -0.853. The van der Waals surface area contributed by atoms with Crippen LogP contribution in [-0.4, -0.2) is 41.7 Å². The van der Waals surface area contributed by atoms with Crippen molar-refractivity contribution in [2.45, 2.75) is 27.2 Å². The number of aliphatic imine (C=N–C) groups is 3. The first kappa shape index (κ1) is 20.7. The van der Waals surface area contributed by atoms with Gasteiger partial charge in [-0.3, -0.25) is 16.2 Å². The molecule has 0 unspecified atom stereocenters. The fourth-order valence-corrected chi connectivity index (χ4v) is 0.906. The molecule has 0 aromatic heterocycles. The minimum absolute atomic E-state index is 0.00926. The highest BCUT2D eigenvalue weighted by Gasteiger charge is 1.99. The van der Waals surface area contributed by atoms with Crippen LogP contribution in [0.5, 0.6) is 0 Å². The lowest BCUT2D eigenvalue weighted by atomic mass is 10.3. The van der Waals surface area contributed by atoms with Crippen molar-refractivity contribution in [2.75, 3.05) is 6.67 Å². The smallest absolute Gasteiger partial charge is 0.154 e. The van der Waals surface area contributed by atoms with Crippen molar-refractivity contribution in [1.82, 2.24) is 0 Å². The van der Waals surface area contributed by atoms with Gasteiger partial charge in [0.1, 0.15) is 18.3 Å². The quantitative estimate of drug-likeness (QED) is 0.325. The lowest BCUT2D eigenvalue weighted by Crippen LogP contribution is -2.13. The lowest BCUT2D eigenvalue weighted by molar-refractivity contribution is 0.577. The van der Waals surface area contributed by atoms with Crippen LogP contribution in [0.2, 0.25) is 0 Å². The van der Waals surface area contributed by atoms with E-state index >= 15 is 0 Å². The van der Waals surface area contributed by atoms with E-state index in [2.05, 4.69) is 15.0 Å². The molecule has 0 saturated heterocycles. The Morgan fingerprint density at radius 3 is 1.24 bits per heavy atom. The predicted octanol–water partition coefficient (Wildman–Crippen LogP) is 0.396. The van der Waals surface area contributed by atoms with Crippen LogP contribution in [0.15, 0.2) is 15.0 Å². The highest BCUT2D eigenvalue weighted by Crippen LogP contribution is 1.90. The van der Waals surface area contributed by atoms with Crippen LogP contribution in [0, 0.1) is 16.2 Å². The standard InChI is InChI=1S/C7H14N6.C4H8FN3/c1-4(8)12-6(10)3-7(11)13-5(2)9;1-3(6)8-4(7)2-5/h3H2,1-2H3,(H3,8,10,12)(H3,9,11,13);2H2,1H3,(H3,6,7,8). The van der Waals surface area contributed by atoms with Crippen molar-refractivity contribution in [3.8, 4) is 0 Å². The van der Waals surface area contributed by atoms with Crippen LogP contribution >= 0.6 is 0 Å². The molecule has 0 spiro atoms. The molecule has 0 heterocycles. The molecule has 0 radical (unpaired) electrons. The minimum Gasteiger partial charge on any atom is -0.387 e. The highest BCUT2D eigenvalue weighted by molar-refractivity contribution is 6.07. The Labute approximate surface area is 122 Å².